The third-order valence-electron chi connectivity index (χ3n) is 6.82. The molecule has 140 valence electrons. The topological polar surface area (TPSA) is 57.2 Å². The fourth-order valence-electron chi connectivity index (χ4n) is 5.72. The third kappa shape index (κ3) is 2.03. The van der Waals surface area contributed by atoms with E-state index >= 15 is 0 Å². The van der Waals surface area contributed by atoms with Crippen LogP contribution in [-0.2, 0) is 26.2 Å². The van der Waals surface area contributed by atoms with Gasteiger partial charge >= 0.3 is 0 Å². The lowest BCUT2D eigenvalue weighted by Crippen LogP contribution is -2.56. The first kappa shape index (κ1) is 16.4. The van der Waals surface area contributed by atoms with E-state index in [2.05, 4.69) is 17.0 Å². The molecule has 0 radical (unpaired) electrons. The number of rotatable bonds is 2. The van der Waals surface area contributed by atoms with Crippen LogP contribution in [0.2, 0.25) is 0 Å². The number of hydrogen-bond acceptors (Lipinski definition) is 5. The van der Waals surface area contributed by atoms with Crippen LogP contribution in [0.5, 0.6) is 11.5 Å². The van der Waals surface area contributed by atoms with E-state index in [0.717, 1.165) is 43.7 Å². The molecule has 2 atom stereocenters. The third-order valence-corrected chi connectivity index (χ3v) is 6.82. The fraction of sp³-hybridized carbons (Fsp3) is 0.650. The van der Waals surface area contributed by atoms with Crippen LogP contribution in [-0.4, -0.2) is 50.6 Å². The number of nitrogens with zero attached hydrogens (tertiary/aromatic N) is 1. The summed E-state index contributed by atoms with van der Waals surface area (Å²) in [5.74, 6) is 1.46. The molecule has 0 N–H and O–H groups in total. The Labute approximate surface area is 153 Å². The van der Waals surface area contributed by atoms with Crippen LogP contribution in [0.3, 0.4) is 0 Å². The van der Waals surface area contributed by atoms with Gasteiger partial charge < -0.3 is 23.8 Å². The van der Waals surface area contributed by atoms with Gasteiger partial charge in [-0.15, -0.1) is 0 Å². The molecule has 6 heteroatoms. The molecule has 1 aromatic rings. The lowest BCUT2D eigenvalue weighted by molar-refractivity contribution is -0.205. The molecule has 3 aliphatic heterocycles. The number of carbonyl (C=O) groups excluding carboxylic acids is 1. The zero-order valence-electron chi connectivity index (χ0n) is 15.4. The van der Waals surface area contributed by atoms with E-state index in [1.54, 1.807) is 14.2 Å². The van der Waals surface area contributed by atoms with E-state index in [4.69, 9.17) is 18.9 Å². The minimum atomic E-state index is -0.486. The van der Waals surface area contributed by atoms with E-state index < -0.39 is 5.79 Å². The smallest absolute Gasteiger partial charge is 0.223 e. The molecule has 1 amide bonds. The van der Waals surface area contributed by atoms with Gasteiger partial charge in [-0.1, -0.05) is 0 Å². The molecule has 3 fully saturated rings. The van der Waals surface area contributed by atoms with Gasteiger partial charge in [0.15, 0.2) is 17.3 Å². The molecular weight excluding hydrogens is 334 g/mol. The zero-order chi connectivity index (χ0) is 17.9. The van der Waals surface area contributed by atoms with E-state index in [9.17, 15) is 4.79 Å². The number of carbonyl (C=O) groups is 1. The van der Waals surface area contributed by atoms with E-state index in [1.165, 1.54) is 11.1 Å². The van der Waals surface area contributed by atoms with E-state index in [-0.39, 0.29) is 17.4 Å². The lowest BCUT2D eigenvalue weighted by Gasteiger charge is -2.52. The number of fused-ring (bicyclic) bond motifs is 1. The summed E-state index contributed by atoms with van der Waals surface area (Å²) in [6, 6.07) is 4.19. The molecule has 1 aliphatic carbocycles. The van der Waals surface area contributed by atoms with Crippen molar-refractivity contribution in [3.05, 3.63) is 23.3 Å². The largest absolute Gasteiger partial charge is 0.493 e. The zero-order valence-corrected chi connectivity index (χ0v) is 15.4. The minimum Gasteiger partial charge on any atom is -0.493 e. The Balaban J connectivity index is 1.63. The second-order valence-corrected chi connectivity index (χ2v) is 7.80. The van der Waals surface area contributed by atoms with Crippen LogP contribution in [0.25, 0.3) is 0 Å². The molecular formula is C20H25NO5. The first-order valence-corrected chi connectivity index (χ1v) is 9.46. The average molecular weight is 359 g/mol. The number of ether oxygens (including phenoxy) is 4. The van der Waals surface area contributed by atoms with Crippen molar-refractivity contribution in [1.29, 1.82) is 0 Å². The Kier molecular flexibility index (Phi) is 3.53. The van der Waals surface area contributed by atoms with E-state index in [1.807, 2.05) is 0 Å². The monoisotopic (exact) mass is 359 g/mol. The Bertz CT molecular complexity index is 757. The highest BCUT2D eigenvalue weighted by atomic mass is 16.7. The summed E-state index contributed by atoms with van der Waals surface area (Å²) in [6.07, 6.45) is 3.90. The molecule has 2 spiro atoms. The Hall–Kier alpha value is -1.79. The van der Waals surface area contributed by atoms with Crippen molar-refractivity contribution >= 4 is 5.91 Å². The van der Waals surface area contributed by atoms with Crippen molar-refractivity contribution < 1.29 is 23.7 Å². The summed E-state index contributed by atoms with van der Waals surface area (Å²) >= 11 is 0. The van der Waals surface area contributed by atoms with Crippen molar-refractivity contribution in [3.63, 3.8) is 0 Å². The van der Waals surface area contributed by atoms with Gasteiger partial charge in [0.25, 0.3) is 0 Å². The Morgan fingerprint density at radius 2 is 1.85 bits per heavy atom. The summed E-state index contributed by atoms with van der Waals surface area (Å²) < 4.78 is 23.0. The summed E-state index contributed by atoms with van der Waals surface area (Å²) in [5, 5.41) is 0. The molecule has 0 unspecified atom stereocenters. The number of hydrogen-bond donors (Lipinski definition) is 0. The molecule has 0 aromatic heterocycles. The summed E-state index contributed by atoms with van der Waals surface area (Å²) in [4.78, 5) is 15.0. The first-order chi connectivity index (χ1) is 12.6. The minimum absolute atomic E-state index is 0.207. The van der Waals surface area contributed by atoms with Gasteiger partial charge in [0.1, 0.15) is 0 Å². The van der Waals surface area contributed by atoms with Gasteiger partial charge in [0.2, 0.25) is 5.91 Å². The van der Waals surface area contributed by atoms with Gasteiger partial charge in [-0.05, 0) is 36.1 Å². The van der Waals surface area contributed by atoms with Gasteiger partial charge in [-0.2, -0.15) is 0 Å². The fourth-order valence-corrected chi connectivity index (χ4v) is 5.72. The van der Waals surface area contributed by atoms with Crippen LogP contribution >= 0.6 is 0 Å². The summed E-state index contributed by atoms with van der Waals surface area (Å²) in [5.41, 5.74) is 2.23. The van der Waals surface area contributed by atoms with Crippen LogP contribution < -0.4 is 9.47 Å². The second kappa shape index (κ2) is 5.60. The van der Waals surface area contributed by atoms with Crippen molar-refractivity contribution in [3.8, 4) is 11.5 Å². The summed E-state index contributed by atoms with van der Waals surface area (Å²) in [7, 11) is 3.33. The number of amides is 1. The van der Waals surface area contributed by atoms with Crippen LogP contribution in [0.1, 0.15) is 36.8 Å². The molecule has 26 heavy (non-hydrogen) atoms. The predicted molar refractivity (Wildman–Crippen MR) is 93.2 cm³/mol. The summed E-state index contributed by atoms with van der Waals surface area (Å²) in [6.45, 7) is 2.07. The maximum atomic E-state index is 12.8. The van der Waals surface area contributed by atoms with Crippen LogP contribution in [0, 0.1) is 5.92 Å². The maximum absolute atomic E-state index is 12.8. The predicted octanol–water partition coefficient (Wildman–Crippen LogP) is 2.23. The van der Waals surface area contributed by atoms with Crippen molar-refractivity contribution in [2.75, 3.05) is 34.0 Å². The van der Waals surface area contributed by atoms with Crippen LogP contribution in [0.15, 0.2) is 12.1 Å². The molecule has 1 aromatic carbocycles. The Morgan fingerprint density at radius 3 is 2.58 bits per heavy atom. The number of methoxy groups -OCH3 is 2. The first-order valence-electron chi connectivity index (χ1n) is 9.46. The molecule has 1 saturated carbocycles. The molecule has 5 rings (SSSR count). The maximum Gasteiger partial charge on any atom is 0.223 e. The standard InChI is InChI=1S/C20H25NO5/c1-23-16-9-13-3-6-21-18(22)10-14-12-19(25-7-8-26-19)4-5-20(14,21)15(13)11-17(16)24-2/h9,11,14H,3-8,10,12H2,1-2H3/t14-,20+/m1/s1. The van der Waals surface area contributed by atoms with Gasteiger partial charge in [-0.3, -0.25) is 4.79 Å². The molecule has 3 heterocycles. The second-order valence-electron chi connectivity index (χ2n) is 7.80. The highest BCUT2D eigenvalue weighted by Gasteiger charge is 2.62. The highest BCUT2D eigenvalue weighted by Crippen LogP contribution is 2.59. The van der Waals surface area contributed by atoms with Crippen molar-refractivity contribution in [1.82, 2.24) is 4.90 Å². The average Bonchev–Trinajstić information content (AvgIpc) is 3.23. The van der Waals surface area contributed by atoms with Gasteiger partial charge in [-0.25, -0.2) is 0 Å². The van der Waals surface area contributed by atoms with E-state index in [0.29, 0.717) is 19.6 Å². The molecule has 2 saturated heterocycles. The molecule has 6 nitrogen and oxygen atoms in total. The quantitative estimate of drug-likeness (QED) is 0.811. The van der Waals surface area contributed by atoms with Crippen molar-refractivity contribution in [2.45, 2.75) is 43.4 Å². The molecule has 4 aliphatic rings. The Morgan fingerprint density at radius 1 is 1.12 bits per heavy atom. The normalized spacial score (nSPS) is 31.5. The highest BCUT2D eigenvalue weighted by molar-refractivity contribution is 5.82. The number of benzene rings is 1. The molecule has 0 bridgehead atoms. The SMILES string of the molecule is COc1cc2c(cc1OC)[C@]13CCC4(C[C@H]1CC(=O)N3CC2)OCCO4. The van der Waals surface area contributed by atoms with Crippen LogP contribution in [0.4, 0.5) is 0 Å². The van der Waals surface area contributed by atoms with Gasteiger partial charge in [0.05, 0.1) is 33.0 Å². The lowest BCUT2D eigenvalue weighted by atomic mass is 9.65. The van der Waals surface area contributed by atoms with Crippen molar-refractivity contribution in [2.24, 2.45) is 5.92 Å². The van der Waals surface area contributed by atoms with Gasteiger partial charge in [0, 0.05) is 31.7 Å².